The molecule has 2 aromatic carbocycles. The summed E-state index contributed by atoms with van der Waals surface area (Å²) in [5, 5.41) is 13.2. The number of nitrogens with one attached hydrogen (secondary N) is 1. The van der Waals surface area contributed by atoms with Crippen LogP contribution in [0.2, 0.25) is 0 Å². The second-order valence-corrected chi connectivity index (χ2v) is 12.7. The SMILES string of the molecule is C=CCCC(=O)N[C@@H](C)[C@H](OC(=O)[C@@H]1[C@H]2C(=O)N([C@H](C)CO)[C@H](C(=O)N(CC=C)c3ccc(OC)cc3)[C@]23CC[C@H]1O3)c1ccccc1. The summed E-state index contributed by atoms with van der Waals surface area (Å²) in [4.78, 5) is 58.8. The van der Waals surface area contributed by atoms with E-state index in [2.05, 4.69) is 18.5 Å². The number of fused-ring (bicyclic) bond motifs is 1. The predicted molar refractivity (Wildman–Crippen MR) is 179 cm³/mol. The Kier molecular flexibility index (Phi) is 10.7. The van der Waals surface area contributed by atoms with E-state index in [4.69, 9.17) is 14.2 Å². The molecule has 3 heterocycles. The fraction of sp³-hybridized carbons (Fsp3) is 0.459. The van der Waals surface area contributed by atoms with Crippen LogP contribution in [0.15, 0.2) is 79.9 Å². The highest BCUT2D eigenvalue weighted by Crippen LogP contribution is 2.59. The van der Waals surface area contributed by atoms with Crippen molar-refractivity contribution in [1.29, 1.82) is 0 Å². The van der Waals surface area contributed by atoms with Crippen molar-refractivity contribution in [2.45, 2.75) is 75.5 Å². The molecule has 11 heteroatoms. The third-order valence-corrected chi connectivity index (χ3v) is 9.73. The van der Waals surface area contributed by atoms with E-state index in [1.54, 1.807) is 57.4 Å². The normalized spacial score (nSPS) is 25.8. The zero-order valence-corrected chi connectivity index (χ0v) is 27.7. The van der Waals surface area contributed by atoms with Crippen LogP contribution in [0, 0.1) is 11.8 Å². The first-order valence-electron chi connectivity index (χ1n) is 16.4. The van der Waals surface area contributed by atoms with Crippen LogP contribution in [-0.2, 0) is 28.7 Å². The van der Waals surface area contributed by atoms with Gasteiger partial charge in [-0.15, -0.1) is 13.2 Å². The van der Waals surface area contributed by atoms with Gasteiger partial charge in [0.25, 0.3) is 5.91 Å². The van der Waals surface area contributed by atoms with Gasteiger partial charge in [-0.05, 0) is 62.9 Å². The summed E-state index contributed by atoms with van der Waals surface area (Å²) in [5.74, 6) is -3.04. The highest BCUT2D eigenvalue weighted by atomic mass is 16.6. The van der Waals surface area contributed by atoms with Crippen LogP contribution >= 0.6 is 0 Å². The van der Waals surface area contributed by atoms with Crippen molar-refractivity contribution in [2.24, 2.45) is 11.8 Å². The highest BCUT2D eigenvalue weighted by molar-refractivity contribution is 6.04. The van der Waals surface area contributed by atoms with Crippen LogP contribution in [0.1, 0.15) is 51.2 Å². The van der Waals surface area contributed by atoms with Gasteiger partial charge in [0.2, 0.25) is 11.8 Å². The molecule has 0 aliphatic carbocycles. The van der Waals surface area contributed by atoms with Crippen LogP contribution < -0.4 is 15.0 Å². The largest absolute Gasteiger partial charge is 0.497 e. The number of anilines is 1. The van der Waals surface area contributed by atoms with Crippen LogP contribution in [0.3, 0.4) is 0 Å². The van der Waals surface area contributed by atoms with Gasteiger partial charge in [0, 0.05) is 18.7 Å². The van der Waals surface area contributed by atoms with E-state index in [1.165, 1.54) is 9.80 Å². The molecule has 3 amide bonds. The van der Waals surface area contributed by atoms with E-state index in [-0.39, 0.29) is 25.5 Å². The standard InChI is InChI=1S/C37H45N3O8/c1-6-8-14-29(42)38-24(4)32(25-12-10-9-11-13-25)47-36(45)30-28-19-20-37(48-28)31(30)34(43)40(23(3)22-41)33(37)35(44)39(21-7-2)26-15-17-27(46-5)18-16-26/h6-7,9-13,15-18,23-24,28,30-33,41H,1-2,8,14,19-22H2,3-5H3,(H,38,42)/t23-,24+,28-,30+,31+,32+,33-,37+/m1/s1. The number of ether oxygens (including phenoxy) is 3. The van der Waals surface area contributed by atoms with Gasteiger partial charge in [-0.25, -0.2) is 0 Å². The summed E-state index contributed by atoms with van der Waals surface area (Å²) in [6.45, 7) is 10.7. The van der Waals surface area contributed by atoms with Gasteiger partial charge in [-0.3, -0.25) is 19.2 Å². The number of hydrogen-bond acceptors (Lipinski definition) is 8. The van der Waals surface area contributed by atoms with E-state index in [0.29, 0.717) is 36.3 Å². The molecule has 0 saturated carbocycles. The highest BCUT2D eigenvalue weighted by Gasteiger charge is 2.75. The third kappa shape index (κ3) is 6.36. The molecule has 0 radical (unpaired) electrons. The quantitative estimate of drug-likeness (QED) is 0.218. The predicted octanol–water partition coefficient (Wildman–Crippen LogP) is 3.73. The molecule has 2 N–H and O–H groups in total. The Morgan fingerprint density at radius 2 is 1.83 bits per heavy atom. The van der Waals surface area contributed by atoms with Crippen molar-refractivity contribution < 1.29 is 38.5 Å². The molecule has 11 nitrogen and oxygen atoms in total. The molecule has 1 spiro atoms. The lowest BCUT2D eigenvalue weighted by Crippen LogP contribution is -2.58. The minimum absolute atomic E-state index is 0.155. The lowest BCUT2D eigenvalue weighted by atomic mass is 9.70. The number of benzene rings is 2. The van der Waals surface area contributed by atoms with Crippen LogP contribution in [0.25, 0.3) is 0 Å². The number of aliphatic hydroxyl groups excluding tert-OH is 1. The van der Waals surface area contributed by atoms with Crippen LogP contribution in [-0.4, -0.2) is 83.8 Å². The minimum atomic E-state index is -1.30. The second-order valence-electron chi connectivity index (χ2n) is 12.7. The first-order valence-corrected chi connectivity index (χ1v) is 16.4. The summed E-state index contributed by atoms with van der Waals surface area (Å²) in [5.41, 5.74) is -0.0464. The van der Waals surface area contributed by atoms with Gasteiger partial charge < -0.3 is 34.4 Å². The molecule has 8 atom stereocenters. The molecule has 3 fully saturated rings. The summed E-state index contributed by atoms with van der Waals surface area (Å²) < 4.78 is 18.1. The average molecular weight is 660 g/mol. The topological polar surface area (TPSA) is 135 Å². The average Bonchev–Trinajstić information content (AvgIpc) is 3.75. The molecule has 3 aliphatic heterocycles. The summed E-state index contributed by atoms with van der Waals surface area (Å²) in [6, 6.07) is 13.7. The Hall–Kier alpha value is -4.48. The molecule has 48 heavy (non-hydrogen) atoms. The van der Waals surface area contributed by atoms with Gasteiger partial charge in [0.15, 0.2) is 0 Å². The fourth-order valence-corrected chi connectivity index (χ4v) is 7.50. The Balaban J connectivity index is 1.47. The molecule has 0 unspecified atom stereocenters. The van der Waals surface area contributed by atoms with Gasteiger partial charge in [0.05, 0.1) is 43.7 Å². The van der Waals surface area contributed by atoms with Gasteiger partial charge >= 0.3 is 5.97 Å². The Morgan fingerprint density at radius 3 is 2.46 bits per heavy atom. The molecule has 2 aromatic rings. The Bertz CT molecular complexity index is 1510. The number of likely N-dealkylation sites (tertiary alicyclic amines) is 1. The van der Waals surface area contributed by atoms with Gasteiger partial charge in [-0.1, -0.05) is 42.5 Å². The van der Waals surface area contributed by atoms with Crippen molar-refractivity contribution in [3.63, 3.8) is 0 Å². The number of rotatable bonds is 15. The lowest BCUT2D eigenvalue weighted by Gasteiger charge is -2.38. The molecule has 3 aliphatic rings. The third-order valence-electron chi connectivity index (χ3n) is 9.73. The van der Waals surface area contributed by atoms with E-state index in [9.17, 15) is 24.3 Å². The molecule has 2 bridgehead atoms. The monoisotopic (exact) mass is 659 g/mol. The number of allylic oxidation sites excluding steroid dienone is 1. The van der Waals surface area contributed by atoms with Crippen molar-refractivity contribution in [3.8, 4) is 5.75 Å². The molecular formula is C37H45N3O8. The first kappa shape index (κ1) is 34.8. The molecule has 0 aromatic heterocycles. The van der Waals surface area contributed by atoms with E-state index in [1.807, 2.05) is 30.3 Å². The smallest absolute Gasteiger partial charge is 0.313 e. The molecular weight excluding hydrogens is 614 g/mol. The van der Waals surface area contributed by atoms with Crippen molar-refractivity contribution >= 4 is 29.4 Å². The van der Waals surface area contributed by atoms with Gasteiger partial charge in [-0.2, -0.15) is 0 Å². The van der Waals surface area contributed by atoms with Crippen molar-refractivity contribution in [2.75, 3.05) is 25.2 Å². The number of esters is 1. The number of hydrogen-bond donors (Lipinski definition) is 2. The van der Waals surface area contributed by atoms with Crippen LogP contribution in [0.5, 0.6) is 5.75 Å². The zero-order valence-electron chi connectivity index (χ0n) is 27.7. The maximum atomic E-state index is 14.6. The first-order chi connectivity index (χ1) is 23.1. The van der Waals surface area contributed by atoms with Crippen molar-refractivity contribution in [3.05, 3.63) is 85.5 Å². The maximum Gasteiger partial charge on any atom is 0.313 e. The summed E-state index contributed by atoms with van der Waals surface area (Å²) in [6.07, 6.45) is 3.35. The van der Waals surface area contributed by atoms with E-state index < -0.39 is 65.6 Å². The Morgan fingerprint density at radius 1 is 1.12 bits per heavy atom. The van der Waals surface area contributed by atoms with E-state index in [0.717, 1.165) is 0 Å². The number of carbonyl (C=O) groups excluding carboxylic acids is 4. The van der Waals surface area contributed by atoms with Crippen molar-refractivity contribution in [1.82, 2.24) is 10.2 Å². The summed E-state index contributed by atoms with van der Waals surface area (Å²) in [7, 11) is 1.55. The maximum absolute atomic E-state index is 14.6. The molecule has 256 valence electrons. The number of aliphatic hydroxyl groups is 1. The summed E-state index contributed by atoms with van der Waals surface area (Å²) >= 11 is 0. The van der Waals surface area contributed by atoms with E-state index >= 15 is 0 Å². The van der Waals surface area contributed by atoms with Crippen LogP contribution in [0.4, 0.5) is 5.69 Å². The number of methoxy groups -OCH3 is 1. The second kappa shape index (κ2) is 14.7. The van der Waals surface area contributed by atoms with Gasteiger partial charge in [0.1, 0.15) is 23.5 Å². The zero-order chi connectivity index (χ0) is 34.6. The number of amides is 3. The Labute approximate surface area is 281 Å². The molecule has 3 saturated heterocycles. The number of nitrogens with zero attached hydrogens (tertiary/aromatic N) is 2. The number of carbonyl (C=O) groups is 4. The lowest BCUT2D eigenvalue weighted by molar-refractivity contribution is -0.162. The fourth-order valence-electron chi connectivity index (χ4n) is 7.50. The minimum Gasteiger partial charge on any atom is -0.497 e. The molecule has 5 rings (SSSR count).